The summed E-state index contributed by atoms with van der Waals surface area (Å²) in [5.41, 5.74) is 33.5. The summed E-state index contributed by atoms with van der Waals surface area (Å²) in [4.78, 5) is 190. The minimum atomic E-state index is -1.93. The van der Waals surface area contributed by atoms with Crippen molar-refractivity contribution in [1.82, 2.24) is 58.1 Å². The molecule has 0 saturated carbocycles. The van der Waals surface area contributed by atoms with Crippen LogP contribution in [0.15, 0.2) is 9.98 Å². The Morgan fingerprint density at radius 2 is 1.07 bits per heavy atom. The molecule has 488 valence electrons. The second-order valence-corrected chi connectivity index (χ2v) is 25.7. The lowest BCUT2D eigenvalue weighted by atomic mass is 10.0. The zero-order valence-electron chi connectivity index (χ0n) is 48.5. The largest absolute Gasteiger partial charge is 0.481 e. The Hall–Kier alpha value is -7.03. The third-order valence-corrected chi connectivity index (χ3v) is 18.2. The summed E-state index contributed by atoms with van der Waals surface area (Å²) >= 11 is 0. The second kappa shape index (κ2) is 38.3. The molecule has 0 spiro atoms. The van der Waals surface area contributed by atoms with Gasteiger partial charge in [0, 0.05) is 42.6 Å². The van der Waals surface area contributed by atoms with Gasteiger partial charge < -0.3 is 103 Å². The van der Waals surface area contributed by atoms with E-state index in [2.05, 4.69) is 63.2 Å². The number of primary amides is 1. The number of aliphatic imine (C=N–C) groups is 2. The highest BCUT2D eigenvalue weighted by atomic mass is 33.1. The molecule has 3 heterocycles. The lowest BCUT2D eigenvalue weighted by Gasteiger charge is -2.31. The number of carbonyl (C=O) groups excluding carboxylic acids is 12. The van der Waals surface area contributed by atoms with E-state index in [1.165, 1.54) is 0 Å². The molecule has 0 aliphatic carbocycles. The van der Waals surface area contributed by atoms with Crippen molar-refractivity contribution in [1.29, 1.82) is 0 Å². The Balaban J connectivity index is 2.36. The van der Waals surface area contributed by atoms with E-state index in [4.69, 9.17) is 34.4 Å². The smallest absolute Gasteiger partial charge is 0.305 e. The summed E-state index contributed by atoms with van der Waals surface area (Å²) in [6, 6.07) is -17.1. The van der Waals surface area contributed by atoms with Crippen molar-refractivity contribution in [3.8, 4) is 0 Å². The fourth-order valence-corrected chi connectivity index (χ4v) is 13.4. The first-order valence-corrected chi connectivity index (χ1v) is 32.9. The summed E-state index contributed by atoms with van der Waals surface area (Å²) < 4.78 is 0. The first kappa shape index (κ1) is 74.2. The van der Waals surface area contributed by atoms with Crippen molar-refractivity contribution in [3.63, 3.8) is 0 Å². The molecule has 0 aromatic heterocycles. The fraction of sp³-hybridized carbons (Fsp3) is 0.694. The lowest BCUT2D eigenvalue weighted by molar-refractivity contribution is -0.146. The normalized spacial score (nSPS) is 26.8. The summed E-state index contributed by atoms with van der Waals surface area (Å²) in [6.45, 7) is 3.04. The highest BCUT2D eigenvalue weighted by Gasteiger charge is 2.42. The van der Waals surface area contributed by atoms with Gasteiger partial charge in [0.05, 0.1) is 19.6 Å². The molecule has 3 saturated heterocycles. The number of guanidine groups is 2. The Labute approximate surface area is 517 Å². The zero-order valence-corrected chi connectivity index (χ0v) is 51.8. The number of nitrogens with one attached hydrogen (secondary N) is 10. The van der Waals surface area contributed by atoms with Gasteiger partial charge in [0.2, 0.25) is 70.9 Å². The van der Waals surface area contributed by atoms with Gasteiger partial charge in [-0.1, -0.05) is 76.8 Å². The maximum atomic E-state index is 14.7. The van der Waals surface area contributed by atoms with Crippen molar-refractivity contribution < 1.29 is 72.5 Å². The molecule has 12 amide bonds. The average molecular weight is 1310 g/mol. The van der Waals surface area contributed by atoms with Crippen LogP contribution >= 0.6 is 43.2 Å². The average Bonchev–Trinajstić information content (AvgIpc) is 3.79. The van der Waals surface area contributed by atoms with E-state index in [0.29, 0.717) is 12.8 Å². The maximum absolute atomic E-state index is 14.7. The quantitative estimate of drug-likeness (QED) is 0.0262. The van der Waals surface area contributed by atoms with Gasteiger partial charge in [-0.3, -0.25) is 72.3 Å². The van der Waals surface area contributed by atoms with Crippen LogP contribution in [0.4, 0.5) is 0 Å². The van der Waals surface area contributed by atoms with Gasteiger partial charge in [-0.25, -0.2) is 0 Å². The number of carboxylic acids is 1. The molecule has 38 heteroatoms. The van der Waals surface area contributed by atoms with Crippen molar-refractivity contribution >= 4 is 132 Å². The van der Waals surface area contributed by atoms with Gasteiger partial charge >= 0.3 is 5.97 Å². The standard InChI is InChI=1S/C49H83N19O15S4/c1-4-5-9-24-39(75)64-29(37(51)73)19-84-86-21-31-43(79)63-28(18-69)41(77)62-27(16-35(71)72)47(83)68-15-8-12-33(68)45(81)60-25(10-6-13-56-48(52)53)40(76)65-32(22-87-85-20-30(42(78)66-31)58-34(70)17-50)44(80)67-36(23(2)3)46(82)61-26(38(74)59-24)11-7-14-57-49(54)55/h23-33,36,69H,4-22,50H2,1-3H3,(H2,51,73)(H,58,70)(H,59,74)(H,60,81)(H,61,82)(H,62,77)(H,63,79)(H,64,75)(H,65,76)(H,66,78)(H,67,80)(H,71,72)(H4,52,53,56)(H4,54,55,57)/t24-,25-,26-,27-,28-,29-,30-,31-,32-,33-,36-/m0/s1. The van der Waals surface area contributed by atoms with E-state index in [9.17, 15) is 72.5 Å². The molecular formula is C49H83N19O15S4. The van der Waals surface area contributed by atoms with Crippen LogP contribution in [0, 0.1) is 5.92 Å². The highest BCUT2D eigenvalue weighted by Crippen LogP contribution is 2.26. The molecule has 0 unspecified atom stereocenters. The SMILES string of the molecule is CCCC[C@@H]1NC(=O)[C@H](CCCN=C(N)N)NC(=O)[C@H](C(C)C)NC(=O)[C@@H]2CSSC[C@H](NC(=O)CN)C(=O)N[C@@H](CSSC[C@@H](C(N)=O)NC1=O)C(=O)N[C@@H](CO)C(=O)N[C@@H](CC(=O)O)C(=O)N1CCC[C@H]1C(=O)N[C@@H](CCCN=C(N)N)C(=O)N2. The molecule has 0 aromatic carbocycles. The molecule has 3 rings (SSSR count). The van der Waals surface area contributed by atoms with Gasteiger partial charge in [0.25, 0.3) is 0 Å². The molecule has 34 nitrogen and oxygen atoms in total. The third kappa shape index (κ3) is 25.7. The van der Waals surface area contributed by atoms with Crippen LogP contribution in [0.2, 0.25) is 0 Å². The number of aliphatic hydroxyl groups excluding tert-OH is 1. The van der Waals surface area contributed by atoms with Gasteiger partial charge in [-0.2, -0.15) is 0 Å². The third-order valence-electron chi connectivity index (χ3n) is 13.4. The monoisotopic (exact) mass is 1310 g/mol. The molecule has 3 fully saturated rings. The van der Waals surface area contributed by atoms with Crippen LogP contribution in [0.5, 0.6) is 0 Å². The number of aliphatic carboxylic acids is 1. The van der Waals surface area contributed by atoms with Gasteiger partial charge in [-0.15, -0.1) is 0 Å². The minimum absolute atomic E-state index is 0.00724. The van der Waals surface area contributed by atoms with Crippen molar-refractivity contribution in [3.05, 3.63) is 0 Å². The van der Waals surface area contributed by atoms with Crippen LogP contribution in [0.1, 0.15) is 85.0 Å². The fourth-order valence-electron chi connectivity index (χ4n) is 8.71. The number of nitrogens with zero attached hydrogens (tertiary/aromatic N) is 3. The van der Waals surface area contributed by atoms with E-state index >= 15 is 0 Å². The number of unbranched alkanes of at least 4 members (excludes halogenated alkanes) is 1. The molecule has 0 radical (unpaired) electrons. The predicted octanol–water partition coefficient (Wildman–Crippen LogP) is -7.52. The Morgan fingerprint density at radius 3 is 1.60 bits per heavy atom. The van der Waals surface area contributed by atoms with Crippen LogP contribution in [-0.2, 0) is 62.3 Å². The topological polar surface area (TPSA) is 567 Å². The number of carbonyl (C=O) groups is 13. The van der Waals surface area contributed by atoms with Crippen molar-refractivity contribution in [2.75, 3.05) is 55.8 Å². The Bertz CT molecular complexity index is 2510. The number of carboxylic acid groups (broad SMARTS) is 1. The van der Waals surface area contributed by atoms with E-state index in [-0.39, 0.29) is 93.8 Å². The zero-order chi connectivity index (χ0) is 64.9. The Kier molecular flexibility index (Phi) is 32.7. The van der Waals surface area contributed by atoms with Gasteiger partial charge in [0.15, 0.2) is 11.9 Å². The molecule has 87 heavy (non-hydrogen) atoms. The summed E-state index contributed by atoms with van der Waals surface area (Å²) in [5, 5.41) is 45.7. The number of nitrogens with two attached hydrogens (primary N) is 6. The van der Waals surface area contributed by atoms with Crippen LogP contribution in [0.25, 0.3) is 0 Å². The van der Waals surface area contributed by atoms with Gasteiger partial charge in [0.1, 0.15) is 66.5 Å². The van der Waals surface area contributed by atoms with E-state index < -0.39 is 175 Å². The van der Waals surface area contributed by atoms with Crippen molar-refractivity contribution in [2.24, 2.45) is 50.3 Å². The van der Waals surface area contributed by atoms with Crippen molar-refractivity contribution in [2.45, 2.75) is 151 Å². The van der Waals surface area contributed by atoms with E-state index in [0.717, 1.165) is 48.1 Å². The summed E-state index contributed by atoms with van der Waals surface area (Å²) in [6.07, 6.45) is -0.0359. The van der Waals surface area contributed by atoms with Crippen LogP contribution in [-0.4, -0.2) is 226 Å². The molecular weight excluding hydrogens is 1220 g/mol. The molecule has 2 bridgehead atoms. The first-order valence-electron chi connectivity index (χ1n) is 28.0. The van der Waals surface area contributed by atoms with E-state index in [1.807, 2.05) is 6.92 Å². The lowest BCUT2D eigenvalue weighted by Crippen LogP contribution is -2.61. The number of amides is 12. The number of aliphatic hydroxyl groups is 1. The predicted molar refractivity (Wildman–Crippen MR) is 326 cm³/mol. The minimum Gasteiger partial charge on any atom is -0.481 e. The molecule has 24 N–H and O–H groups in total. The number of fused-ring (bicyclic) bond motifs is 9. The van der Waals surface area contributed by atoms with Crippen LogP contribution in [0.3, 0.4) is 0 Å². The summed E-state index contributed by atoms with van der Waals surface area (Å²) in [5.74, 6) is -16.0. The maximum Gasteiger partial charge on any atom is 0.305 e. The molecule has 3 aliphatic rings. The summed E-state index contributed by atoms with van der Waals surface area (Å²) in [7, 11) is 3.53. The molecule has 0 aromatic rings. The Morgan fingerprint density at radius 1 is 0.598 bits per heavy atom. The highest BCUT2D eigenvalue weighted by molar-refractivity contribution is 8.77. The molecule has 11 atom stereocenters. The number of hydrogen-bond acceptors (Lipinski definition) is 21. The van der Waals surface area contributed by atoms with Crippen LogP contribution < -0.4 is 87.6 Å². The molecule has 3 aliphatic heterocycles. The van der Waals surface area contributed by atoms with Gasteiger partial charge in [-0.05, 0) is 50.9 Å². The first-order chi connectivity index (χ1) is 41.2. The number of rotatable bonds is 18. The second-order valence-electron chi connectivity index (χ2n) is 20.6. The number of hydrogen-bond donors (Lipinski definition) is 18. The van der Waals surface area contributed by atoms with E-state index in [1.54, 1.807) is 13.8 Å².